The third-order valence-corrected chi connectivity index (χ3v) is 5.91. The van der Waals surface area contributed by atoms with Crippen molar-refractivity contribution in [2.24, 2.45) is 11.8 Å². The molecule has 6 nitrogen and oxygen atoms in total. The monoisotopic (exact) mass is 354 g/mol. The first-order valence-corrected chi connectivity index (χ1v) is 9.94. The van der Waals surface area contributed by atoms with Gasteiger partial charge in [-0.05, 0) is 50.2 Å². The van der Waals surface area contributed by atoms with Gasteiger partial charge < -0.3 is 10.4 Å². The highest BCUT2D eigenvalue weighted by Crippen LogP contribution is 2.28. The van der Waals surface area contributed by atoms with Crippen molar-refractivity contribution in [3.63, 3.8) is 0 Å². The smallest absolute Gasteiger partial charge is 0.240 e. The molecule has 7 heteroatoms. The lowest BCUT2D eigenvalue weighted by Gasteiger charge is -2.27. The molecular formula is C17H26N2O4S. The van der Waals surface area contributed by atoms with Gasteiger partial charge in [-0.3, -0.25) is 4.79 Å². The Balaban J connectivity index is 1.74. The van der Waals surface area contributed by atoms with Crippen molar-refractivity contribution in [3.8, 4) is 0 Å². The molecule has 0 aromatic heterocycles. The Hall–Kier alpha value is -1.44. The second-order valence-corrected chi connectivity index (χ2v) is 8.02. The summed E-state index contributed by atoms with van der Waals surface area (Å²) in [5.74, 6) is 0.322. The molecule has 24 heavy (non-hydrogen) atoms. The standard InChI is InChI=1S/C17H26N2O4S/c20-12-4-11-18-17(21)15-9-7-14(8-10-15)13-19-24(22,23)16-5-2-1-3-6-16/h1-3,5-6,14-15,19-20H,4,7-13H2,(H,18,21). The van der Waals surface area contributed by atoms with Crippen molar-refractivity contribution >= 4 is 15.9 Å². The molecule has 1 aromatic rings. The predicted octanol–water partition coefficient (Wildman–Crippen LogP) is 1.27. The van der Waals surface area contributed by atoms with Gasteiger partial charge in [-0.1, -0.05) is 18.2 Å². The first kappa shape index (κ1) is 18.9. The molecule has 0 aliphatic heterocycles. The van der Waals surface area contributed by atoms with Crippen LogP contribution in [0.25, 0.3) is 0 Å². The lowest BCUT2D eigenvalue weighted by atomic mass is 9.81. The summed E-state index contributed by atoms with van der Waals surface area (Å²) < 4.78 is 27.1. The lowest BCUT2D eigenvalue weighted by Crippen LogP contribution is -2.36. The zero-order valence-corrected chi connectivity index (χ0v) is 14.6. The van der Waals surface area contributed by atoms with Crippen LogP contribution in [0, 0.1) is 11.8 Å². The summed E-state index contributed by atoms with van der Waals surface area (Å²) >= 11 is 0. The highest BCUT2D eigenvalue weighted by molar-refractivity contribution is 7.89. The molecule has 1 saturated carbocycles. The van der Waals surface area contributed by atoms with E-state index in [4.69, 9.17) is 5.11 Å². The number of carbonyl (C=O) groups excluding carboxylic acids is 1. The minimum absolute atomic E-state index is 0.00525. The molecule has 1 amide bonds. The minimum Gasteiger partial charge on any atom is -0.396 e. The van der Waals surface area contributed by atoms with Crippen molar-refractivity contribution in [1.82, 2.24) is 10.0 Å². The Labute approximate surface area is 143 Å². The Morgan fingerprint density at radius 2 is 1.79 bits per heavy atom. The van der Waals surface area contributed by atoms with Crippen molar-refractivity contribution in [2.75, 3.05) is 19.7 Å². The summed E-state index contributed by atoms with van der Waals surface area (Å²) in [6, 6.07) is 8.35. The zero-order chi connectivity index (χ0) is 17.4. The Morgan fingerprint density at radius 3 is 2.42 bits per heavy atom. The molecule has 1 aliphatic carbocycles. The van der Waals surface area contributed by atoms with Gasteiger partial charge in [-0.15, -0.1) is 0 Å². The molecule has 0 radical (unpaired) electrons. The van der Waals surface area contributed by atoms with E-state index in [0.29, 0.717) is 19.5 Å². The van der Waals surface area contributed by atoms with E-state index in [1.54, 1.807) is 30.3 Å². The topological polar surface area (TPSA) is 95.5 Å². The summed E-state index contributed by atoms with van der Waals surface area (Å²) in [5, 5.41) is 11.6. The van der Waals surface area contributed by atoms with Gasteiger partial charge in [0.05, 0.1) is 4.90 Å². The molecule has 1 aliphatic rings. The van der Waals surface area contributed by atoms with Crippen molar-refractivity contribution < 1.29 is 18.3 Å². The van der Waals surface area contributed by atoms with Crippen LogP contribution in [-0.4, -0.2) is 39.1 Å². The fourth-order valence-electron chi connectivity index (χ4n) is 2.97. The molecule has 1 fully saturated rings. The van der Waals surface area contributed by atoms with Gasteiger partial charge in [0, 0.05) is 25.6 Å². The van der Waals surface area contributed by atoms with Crippen LogP contribution >= 0.6 is 0 Å². The third kappa shape index (κ3) is 5.58. The predicted molar refractivity (Wildman–Crippen MR) is 91.8 cm³/mol. The number of aliphatic hydroxyl groups is 1. The molecule has 0 bridgehead atoms. The number of hydrogen-bond acceptors (Lipinski definition) is 4. The molecule has 0 heterocycles. The van der Waals surface area contributed by atoms with Crippen LogP contribution in [0.5, 0.6) is 0 Å². The van der Waals surface area contributed by atoms with Crippen LogP contribution < -0.4 is 10.0 Å². The van der Waals surface area contributed by atoms with Gasteiger partial charge in [-0.25, -0.2) is 13.1 Å². The van der Waals surface area contributed by atoms with E-state index < -0.39 is 10.0 Å². The van der Waals surface area contributed by atoms with Gasteiger partial charge in [0.2, 0.25) is 15.9 Å². The van der Waals surface area contributed by atoms with Gasteiger partial charge in [0.15, 0.2) is 0 Å². The van der Waals surface area contributed by atoms with E-state index in [-0.39, 0.29) is 29.2 Å². The molecular weight excluding hydrogens is 328 g/mol. The molecule has 0 saturated heterocycles. The maximum Gasteiger partial charge on any atom is 0.240 e. The van der Waals surface area contributed by atoms with E-state index in [1.165, 1.54) is 0 Å². The third-order valence-electron chi connectivity index (χ3n) is 4.47. The summed E-state index contributed by atoms with van der Waals surface area (Å²) in [4.78, 5) is 12.3. The van der Waals surface area contributed by atoms with Crippen LogP contribution in [0.15, 0.2) is 35.2 Å². The quantitative estimate of drug-likeness (QED) is 0.613. The minimum atomic E-state index is -3.46. The summed E-state index contributed by atoms with van der Waals surface area (Å²) in [5.41, 5.74) is 0. The van der Waals surface area contributed by atoms with Crippen LogP contribution in [0.1, 0.15) is 32.1 Å². The normalized spacial score (nSPS) is 21.4. The van der Waals surface area contributed by atoms with E-state index in [2.05, 4.69) is 10.0 Å². The number of benzene rings is 1. The lowest BCUT2D eigenvalue weighted by molar-refractivity contribution is -0.126. The van der Waals surface area contributed by atoms with Crippen LogP contribution in [-0.2, 0) is 14.8 Å². The summed E-state index contributed by atoms with van der Waals surface area (Å²) in [7, 11) is -3.46. The molecule has 2 rings (SSSR count). The molecule has 3 N–H and O–H groups in total. The second-order valence-electron chi connectivity index (χ2n) is 6.25. The molecule has 134 valence electrons. The van der Waals surface area contributed by atoms with Crippen molar-refractivity contribution in [2.45, 2.75) is 37.0 Å². The fraction of sp³-hybridized carbons (Fsp3) is 0.588. The molecule has 0 spiro atoms. The van der Waals surface area contributed by atoms with Gasteiger partial charge >= 0.3 is 0 Å². The average molecular weight is 354 g/mol. The number of amides is 1. The summed E-state index contributed by atoms with van der Waals surface area (Å²) in [6.45, 7) is 0.997. The fourth-order valence-corrected chi connectivity index (χ4v) is 4.11. The molecule has 1 aromatic carbocycles. The highest BCUT2D eigenvalue weighted by atomic mass is 32.2. The number of aliphatic hydroxyl groups excluding tert-OH is 1. The largest absolute Gasteiger partial charge is 0.396 e. The number of hydrogen-bond donors (Lipinski definition) is 3. The number of sulfonamides is 1. The Morgan fingerprint density at radius 1 is 1.12 bits per heavy atom. The number of rotatable bonds is 8. The van der Waals surface area contributed by atoms with E-state index >= 15 is 0 Å². The number of nitrogens with one attached hydrogen (secondary N) is 2. The maximum absolute atomic E-state index is 12.2. The second kappa shape index (κ2) is 9.15. The SMILES string of the molecule is O=C(NCCCO)C1CCC(CNS(=O)(=O)c2ccccc2)CC1. The van der Waals surface area contributed by atoms with Crippen LogP contribution in [0.2, 0.25) is 0 Å². The molecule has 0 unspecified atom stereocenters. The van der Waals surface area contributed by atoms with Crippen LogP contribution in [0.4, 0.5) is 0 Å². The molecule has 0 atom stereocenters. The van der Waals surface area contributed by atoms with Crippen molar-refractivity contribution in [1.29, 1.82) is 0 Å². The maximum atomic E-state index is 12.2. The van der Waals surface area contributed by atoms with Gasteiger partial charge in [-0.2, -0.15) is 0 Å². The van der Waals surface area contributed by atoms with E-state index in [1.807, 2.05) is 0 Å². The average Bonchev–Trinajstić information content (AvgIpc) is 2.61. The highest BCUT2D eigenvalue weighted by Gasteiger charge is 2.27. The van der Waals surface area contributed by atoms with Gasteiger partial charge in [0.25, 0.3) is 0 Å². The van der Waals surface area contributed by atoms with Crippen LogP contribution in [0.3, 0.4) is 0 Å². The van der Waals surface area contributed by atoms with Crippen molar-refractivity contribution in [3.05, 3.63) is 30.3 Å². The van der Waals surface area contributed by atoms with Gasteiger partial charge in [0.1, 0.15) is 0 Å². The van der Waals surface area contributed by atoms with E-state index in [9.17, 15) is 13.2 Å². The first-order chi connectivity index (χ1) is 11.5. The Kier molecular flexibility index (Phi) is 7.20. The zero-order valence-electron chi connectivity index (χ0n) is 13.8. The summed E-state index contributed by atoms with van der Waals surface area (Å²) in [6.07, 6.45) is 3.82. The number of carbonyl (C=O) groups is 1. The Bertz CT molecular complexity index is 611. The van der Waals surface area contributed by atoms with E-state index in [0.717, 1.165) is 25.7 Å². The first-order valence-electron chi connectivity index (χ1n) is 8.46.